The molecule has 0 saturated heterocycles. The monoisotopic (exact) mass is 384 g/mol. The number of rotatable bonds is 5. The van der Waals surface area contributed by atoms with Gasteiger partial charge in [-0.05, 0) is 38.8 Å². The molecule has 0 aliphatic carbocycles. The number of hydrogen-bond donors (Lipinski definition) is 1. The zero-order valence-corrected chi connectivity index (χ0v) is 17.1. The van der Waals surface area contributed by atoms with Gasteiger partial charge in [0.05, 0.1) is 12.3 Å². The van der Waals surface area contributed by atoms with Crippen molar-refractivity contribution in [3.05, 3.63) is 51.5 Å². The maximum atomic E-state index is 12.8. The first-order valence-electron chi connectivity index (χ1n) is 8.95. The Balaban J connectivity index is 2.28. The van der Waals surface area contributed by atoms with E-state index >= 15 is 0 Å². The fourth-order valence-electron chi connectivity index (χ4n) is 3.30. The van der Waals surface area contributed by atoms with Crippen LogP contribution in [0.1, 0.15) is 45.9 Å². The summed E-state index contributed by atoms with van der Waals surface area (Å²) < 4.78 is 7.29. The lowest BCUT2D eigenvalue weighted by atomic mass is 10.1. The maximum absolute atomic E-state index is 12.8. The van der Waals surface area contributed by atoms with Gasteiger partial charge in [0.25, 0.3) is 0 Å². The van der Waals surface area contributed by atoms with Crippen molar-refractivity contribution in [3.8, 4) is 0 Å². The van der Waals surface area contributed by atoms with Crippen molar-refractivity contribution < 1.29 is 14.3 Å². The largest absolute Gasteiger partial charge is 0.461 e. The molecule has 1 amide bonds. The number of fused-ring (bicyclic) bond motifs is 1. The predicted octanol–water partition coefficient (Wildman–Crippen LogP) is 4.81. The van der Waals surface area contributed by atoms with E-state index in [4.69, 9.17) is 4.74 Å². The number of amides is 1. The quantitative estimate of drug-likeness (QED) is 0.642. The number of benzene rings is 1. The second kappa shape index (κ2) is 7.56. The highest BCUT2D eigenvalue weighted by molar-refractivity contribution is 7.19. The smallest absolute Gasteiger partial charge is 0.357 e. The van der Waals surface area contributed by atoms with Crippen molar-refractivity contribution in [1.82, 2.24) is 4.57 Å². The van der Waals surface area contributed by atoms with Gasteiger partial charge in [0, 0.05) is 23.7 Å². The van der Waals surface area contributed by atoms with Gasteiger partial charge in [0.15, 0.2) is 5.69 Å². The Bertz CT molecular complexity index is 1030. The Morgan fingerprint density at radius 3 is 2.59 bits per heavy atom. The third-order valence-electron chi connectivity index (χ3n) is 4.56. The van der Waals surface area contributed by atoms with Gasteiger partial charge in [0.2, 0.25) is 5.91 Å². The van der Waals surface area contributed by atoms with Crippen LogP contribution in [0, 0.1) is 20.8 Å². The number of aromatic nitrogens is 1. The van der Waals surface area contributed by atoms with Crippen molar-refractivity contribution in [3.63, 3.8) is 0 Å². The number of carbonyl (C=O) groups is 2. The van der Waals surface area contributed by atoms with Crippen molar-refractivity contribution >= 4 is 39.1 Å². The number of nitrogens with zero attached hydrogens (tertiary/aromatic N) is 1. The Labute approximate surface area is 163 Å². The standard InChI is InChI=1S/C21H24N2O3S/c1-6-26-21(25)19-18(22-15(5)24)17-13(3)14(4)27-20(17)23(19)11-16-9-7-8-12(2)10-16/h7-10H,6,11H2,1-5H3,(H,22,24). The number of carbonyl (C=O) groups excluding carboxylic acids is 2. The molecule has 3 rings (SSSR count). The van der Waals surface area contributed by atoms with Crippen LogP contribution in [-0.4, -0.2) is 23.1 Å². The van der Waals surface area contributed by atoms with E-state index in [2.05, 4.69) is 18.3 Å². The molecule has 0 bridgehead atoms. The van der Waals surface area contributed by atoms with E-state index in [1.165, 1.54) is 11.8 Å². The van der Waals surface area contributed by atoms with Crippen molar-refractivity contribution in [2.45, 2.75) is 41.2 Å². The minimum Gasteiger partial charge on any atom is -0.461 e. The van der Waals surface area contributed by atoms with Gasteiger partial charge in [-0.15, -0.1) is 11.3 Å². The van der Waals surface area contributed by atoms with Crippen molar-refractivity contribution in [2.24, 2.45) is 0 Å². The first-order valence-corrected chi connectivity index (χ1v) is 9.77. The van der Waals surface area contributed by atoms with Crippen molar-refractivity contribution in [2.75, 3.05) is 11.9 Å². The summed E-state index contributed by atoms with van der Waals surface area (Å²) in [5.41, 5.74) is 4.28. The number of ether oxygens (including phenoxy) is 1. The molecule has 27 heavy (non-hydrogen) atoms. The SMILES string of the molecule is CCOC(=O)c1c(NC(C)=O)c2c(C)c(C)sc2n1Cc1cccc(C)c1. The number of hydrogen-bond acceptors (Lipinski definition) is 4. The van der Waals surface area contributed by atoms with Gasteiger partial charge in [-0.1, -0.05) is 29.8 Å². The molecule has 2 aromatic heterocycles. The second-order valence-corrected chi connectivity index (χ2v) is 7.87. The zero-order valence-electron chi connectivity index (χ0n) is 16.3. The van der Waals surface area contributed by atoms with Gasteiger partial charge >= 0.3 is 5.97 Å². The Hall–Kier alpha value is -2.60. The van der Waals surface area contributed by atoms with Crippen LogP contribution >= 0.6 is 11.3 Å². The molecular weight excluding hydrogens is 360 g/mol. The Morgan fingerprint density at radius 2 is 1.96 bits per heavy atom. The van der Waals surface area contributed by atoms with E-state index in [9.17, 15) is 9.59 Å². The molecule has 3 aromatic rings. The maximum Gasteiger partial charge on any atom is 0.357 e. The third kappa shape index (κ3) is 3.62. The van der Waals surface area contributed by atoms with E-state index in [1.807, 2.05) is 36.6 Å². The number of nitrogens with one attached hydrogen (secondary N) is 1. The van der Waals surface area contributed by atoms with Crippen LogP contribution in [0.25, 0.3) is 10.2 Å². The lowest BCUT2D eigenvalue weighted by Crippen LogP contribution is -2.17. The fraction of sp³-hybridized carbons (Fsp3) is 0.333. The summed E-state index contributed by atoms with van der Waals surface area (Å²) in [7, 11) is 0. The topological polar surface area (TPSA) is 60.3 Å². The summed E-state index contributed by atoms with van der Waals surface area (Å²) in [6.45, 7) is 10.2. The molecule has 0 atom stereocenters. The average molecular weight is 385 g/mol. The molecule has 0 aliphatic heterocycles. The van der Waals surface area contributed by atoms with E-state index in [0.29, 0.717) is 17.9 Å². The molecule has 1 aromatic carbocycles. The van der Waals surface area contributed by atoms with E-state index < -0.39 is 5.97 Å². The van der Waals surface area contributed by atoms with Crippen LogP contribution < -0.4 is 5.32 Å². The Morgan fingerprint density at radius 1 is 1.22 bits per heavy atom. The lowest BCUT2D eigenvalue weighted by molar-refractivity contribution is -0.114. The van der Waals surface area contributed by atoms with Crippen LogP contribution in [0.3, 0.4) is 0 Å². The predicted molar refractivity (Wildman–Crippen MR) is 110 cm³/mol. The molecule has 0 saturated carbocycles. The zero-order chi connectivity index (χ0) is 19.7. The van der Waals surface area contributed by atoms with E-state index in [1.54, 1.807) is 18.3 Å². The minimum absolute atomic E-state index is 0.210. The summed E-state index contributed by atoms with van der Waals surface area (Å²) >= 11 is 1.63. The summed E-state index contributed by atoms with van der Waals surface area (Å²) in [4.78, 5) is 26.8. The molecule has 142 valence electrons. The van der Waals surface area contributed by atoms with Crippen molar-refractivity contribution in [1.29, 1.82) is 0 Å². The average Bonchev–Trinajstić information content (AvgIpc) is 3.03. The van der Waals surface area contributed by atoms with Gasteiger partial charge in [-0.2, -0.15) is 0 Å². The molecule has 0 radical (unpaired) electrons. The van der Waals surface area contributed by atoms with E-state index in [0.717, 1.165) is 26.9 Å². The summed E-state index contributed by atoms with van der Waals surface area (Å²) in [5, 5.41) is 3.79. The second-order valence-electron chi connectivity index (χ2n) is 6.66. The molecule has 1 N–H and O–H groups in total. The number of aryl methyl sites for hydroxylation is 3. The van der Waals surface area contributed by atoms with Gasteiger partial charge in [-0.3, -0.25) is 4.79 Å². The molecule has 0 spiro atoms. The summed E-state index contributed by atoms with van der Waals surface area (Å²) in [5.74, 6) is -0.632. The minimum atomic E-state index is -0.422. The van der Waals surface area contributed by atoms with Crippen LogP contribution in [0.15, 0.2) is 24.3 Å². The fourth-order valence-corrected chi connectivity index (χ4v) is 4.47. The van der Waals surface area contributed by atoms with Gasteiger partial charge < -0.3 is 14.6 Å². The van der Waals surface area contributed by atoms with Crippen LogP contribution in [0.5, 0.6) is 0 Å². The highest BCUT2D eigenvalue weighted by Crippen LogP contribution is 2.41. The number of thiophene rings is 1. The van der Waals surface area contributed by atoms with Gasteiger partial charge in [0.1, 0.15) is 4.83 Å². The molecule has 6 heteroatoms. The highest BCUT2D eigenvalue weighted by Gasteiger charge is 2.28. The van der Waals surface area contributed by atoms with E-state index in [-0.39, 0.29) is 12.5 Å². The number of esters is 1. The Kier molecular flexibility index (Phi) is 5.37. The first kappa shape index (κ1) is 19.2. The molecular formula is C21H24N2O3S. The molecule has 0 fully saturated rings. The first-order chi connectivity index (χ1) is 12.8. The molecule has 0 unspecified atom stereocenters. The normalized spacial score (nSPS) is 11.0. The highest BCUT2D eigenvalue weighted by atomic mass is 32.1. The molecule has 5 nitrogen and oxygen atoms in total. The number of anilines is 1. The third-order valence-corrected chi connectivity index (χ3v) is 5.79. The molecule has 0 aliphatic rings. The summed E-state index contributed by atoms with van der Waals surface area (Å²) in [6.07, 6.45) is 0. The van der Waals surface area contributed by atoms with Gasteiger partial charge in [-0.25, -0.2) is 4.79 Å². The lowest BCUT2D eigenvalue weighted by Gasteiger charge is -2.12. The van der Waals surface area contributed by atoms with Crippen LogP contribution in [0.2, 0.25) is 0 Å². The van der Waals surface area contributed by atoms with Crippen LogP contribution in [-0.2, 0) is 16.1 Å². The molecule has 2 heterocycles. The summed E-state index contributed by atoms with van der Waals surface area (Å²) in [6, 6.07) is 8.20. The van der Waals surface area contributed by atoms with Crippen LogP contribution in [0.4, 0.5) is 5.69 Å².